The molecule has 20 heavy (non-hydrogen) atoms. The van der Waals surface area contributed by atoms with Crippen LogP contribution in [0.15, 0.2) is 12.1 Å². The largest absolute Gasteiger partial charge is 0.381 e. The van der Waals surface area contributed by atoms with Crippen LogP contribution in [0.2, 0.25) is 0 Å². The maximum absolute atomic E-state index is 13.2. The summed E-state index contributed by atoms with van der Waals surface area (Å²) in [6.45, 7) is 1.54. The number of piperidine rings is 1. The molecule has 1 aromatic carbocycles. The van der Waals surface area contributed by atoms with Gasteiger partial charge in [-0.2, -0.15) is 0 Å². The summed E-state index contributed by atoms with van der Waals surface area (Å²) in [6, 6.07) is 2.17. The van der Waals surface area contributed by atoms with Gasteiger partial charge < -0.3 is 10.5 Å². The van der Waals surface area contributed by atoms with Crippen molar-refractivity contribution in [3.63, 3.8) is 0 Å². The van der Waals surface area contributed by atoms with E-state index >= 15 is 0 Å². The van der Waals surface area contributed by atoms with Gasteiger partial charge in [0.25, 0.3) is 0 Å². The quantitative estimate of drug-likeness (QED) is 0.862. The molecule has 1 fully saturated rings. The van der Waals surface area contributed by atoms with Crippen LogP contribution in [0.5, 0.6) is 0 Å². The van der Waals surface area contributed by atoms with Gasteiger partial charge in [-0.05, 0) is 30.5 Å². The van der Waals surface area contributed by atoms with Crippen LogP contribution in [0.1, 0.15) is 18.4 Å². The zero-order chi connectivity index (χ0) is 14.7. The molecular formula is C14H19F3N2O. The Hall–Kier alpha value is -1.11. The molecule has 0 saturated carbocycles. The Labute approximate surface area is 116 Å². The number of hydrogen-bond donors (Lipinski definition) is 1. The monoisotopic (exact) mass is 288 g/mol. The van der Waals surface area contributed by atoms with E-state index in [9.17, 15) is 13.2 Å². The highest BCUT2D eigenvalue weighted by Gasteiger charge is 2.27. The van der Waals surface area contributed by atoms with Gasteiger partial charge in [-0.1, -0.05) is 0 Å². The lowest BCUT2D eigenvalue weighted by molar-refractivity contribution is 0.0101. The van der Waals surface area contributed by atoms with Gasteiger partial charge in [0.05, 0.1) is 6.10 Å². The van der Waals surface area contributed by atoms with E-state index in [2.05, 4.69) is 4.90 Å². The minimum atomic E-state index is -1.43. The number of halogens is 3. The van der Waals surface area contributed by atoms with Crippen molar-refractivity contribution < 1.29 is 17.9 Å². The summed E-state index contributed by atoms with van der Waals surface area (Å²) in [7, 11) is 1.67. The molecule has 6 heteroatoms. The van der Waals surface area contributed by atoms with Gasteiger partial charge >= 0.3 is 0 Å². The maximum Gasteiger partial charge on any atom is 0.194 e. The van der Waals surface area contributed by atoms with Gasteiger partial charge in [0, 0.05) is 32.8 Å². The lowest BCUT2D eigenvalue weighted by Crippen LogP contribution is -2.48. The summed E-state index contributed by atoms with van der Waals surface area (Å²) < 4.78 is 44.7. The number of likely N-dealkylation sites (tertiary alicyclic amines) is 1. The van der Waals surface area contributed by atoms with Crippen LogP contribution in [-0.2, 0) is 11.3 Å². The molecule has 112 valence electrons. The van der Waals surface area contributed by atoms with Crippen LogP contribution in [0.3, 0.4) is 0 Å². The van der Waals surface area contributed by atoms with Gasteiger partial charge in [-0.15, -0.1) is 0 Å². The van der Waals surface area contributed by atoms with Crippen molar-refractivity contribution >= 4 is 0 Å². The fourth-order valence-electron chi connectivity index (χ4n) is 2.66. The van der Waals surface area contributed by atoms with Gasteiger partial charge in [0.2, 0.25) is 0 Å². The van der Waals surface area contributed by atoms with E-state index < -0.39 is 17.5 Å². The zero-order valence-electron chi connectivity index (χ0n) is 11.4. The Kier molecular flexibility index (Phi) is 5.01. The second-order valence-corrected chi connectivity index (χ2v) is 5.12. The van der Waals surface area contributed by atoms with Crippen molar-refractivity contribution in [3.05, 3.63) is 35.1 Å². The Morgan fingerprint density at radius 1 is 1.30 bits per heavy atom. The normalized spacial score (nSPS) is 24.1. The summed E-state index contributed by atoms with van der Waals surface area (Å²) in [6.07, 6.45) is 1.81. The summed E-state index contributed by atoms with van der Waals surface area (Å²) in [5.74, 6) is -3.74. The highest BCUT2D eigenvalue weighted by molar-refractivity contribution is 5.19. The van der Waals surface area contributed by atoms with Crippen LogP contribution in [-0.4, -0.2) is 37.2 Å². The molecular weight excluding hydrogens is 269 g/mol. The standard InChI is InChI=1S/C14H19F3N2O/c1-20-11-2-3-19(10(6-11)7-18)8-9-4-12(15)14(17)13(16)5-9/h4-5,10-11H,2-3,6-8,18H2,1H3. The molecule has 0 radical (unpaired) electrons. The van der Waals surface area contributed by atoms with E-state index in [1.165, 1.54) is 0 Å². The molecule has 0 bridgehead atoms. The second kappa shape index (κ2) is 6.56. The molecule has 0 aromatic heterocycles. The third-order valence-electron chi connectivity index (χ3n) is 3.82. The Bertz CT molecular complexity index is 447. The lowest BCUT2D eigenvalue weighted by atomic mass is 9.98. The van der Waals surface area contributed by atoms with E-state index in [1.807, 2.05) is 0 Å². The molecule has 1 aliphatic heterocycles. The number of ether oxygens (including phenoxy) is 1. The second-order valence-electron chi connectivity index (χ2n) is 5.12. The van der Waals surface area contributed by atoms with Crippen molar-refractivity contribution in [3.8, 4) is 0 Å². The lowest BCUT2D eigenvalue weighted by Gasteiger charge is -2.38. The first-order chi connectivity index (χ1) is 9.55. The third-order valence-corrected chi connectivity index (χ3v) is 3.82. The fraction of sp³-hybridized carbons (Fsp3) is 0.571. The van der Waals surface area contributed by atoms with Crippen molar-refractivity contribution in [2.45, 2.75) is 31.5 Å². The van der Waals surface area contributed by atoms with Crippen LogP contribution in [0, 0.1) is 17.5 Å². The van der Waals surface area contributed by atoms with Crippen molar-refractivity contribution in [2.75, 3.05) is 20.2 Å². The molecule has 1 saturated heterocycles. The van der Waals surface area contributed by atoms with Crippen LogP contribution >= 0.6 is 0 Å². The first kappa shape index (κ1) is 15.3. The Morgan fingerprint density at radius 3 is 2.50 bits per heavy atom. The average Bonchev–Trinajstić information content (AvgIpc) is 2.45. The van der Waals surface area contributed by atoms with E-state index in [0.29, 0.717) is 18.7 Å². The number of methoxy groups -OCH3 is 1. The van der Waals surface area contributed by atoms with Gasteiger partial charge in [0.15, 0.2) is 17.5 Å². The molecule has 2 unspecified atom stereocenters. The number of rotatable bonds is 4. The van der Waals surface area contributed by atoms with E-state index in [1.54, 1.807) is 7.11 Å². The topological polar surface area (TPSA) is 38.5 Å². The average molecular weight is 288 g/mol. The predicted octanol–water partition coefficient (Wildman–Crippen LogP) is 2.04. The van der Waals surface area contributed by atoms with Gasteiger partial charge in [-0.25, -0.2) is 13.2 Å². The van der Waals surface area contributed by atoms with E-state index in [4.69, 9.17) is 10.5 Å². The zero-order valence-corrected chi connectivity index (χ0v) is 11.4. The first-order valence-corrected chi connectivity index (χ1v) is 6.65. The number of benzene rings is 1. The molecule has 1 heterocycles. The maximum atomic E-state index is 13.2. The van der Waals surface area contributed by atoms with Crippen molar-refractivity contribution in [1.82, 2.24) is 4.90 Å². The van der Waals surface area contributed by atoms with Crippen molar-refractivity contribution in [2.24, 2.45) is 5.73 Å². The Morgan fingerprint density at radius 2 is 1.95 bits per heavy atom. The molecule has 2 N–H and O–H groups in total. The molecule has 3 nitrogen and oxygen atoms in total. The molecule has 1 aliphatic rings. The molecule has 0 aliphatic carbocycles. The Balaban J connectivity index is 2.09. The number of hydrogen-bond acceptors (Lipinski definition) is 3. The number of nitrogens with zero attached hydrogens (tertiary/aromatic N) is 1. The fourth-order valence-corrected chi connectivity index (χ4v) is 2.66. The van der Waals surface area contributed by atoms with Crippen LogP contribution in [0.4, 0.5) is 13.2 Å². The molecule has 0 amide bonds. The molecule has 2 rings (SSSR count). The van der Waals surface area contributed by atoms with E-state index in [-0.39, 0.29) is 12.1 Å². The highest BCUT2D eigenvalue weighted by atomic mass is 19.2. The summed E-state index contributed by atoms with van der Waals surface area (Å²) in [5.41, 5.74) is 6.16. The predicted molar refractivity (Wildman–Crippen MR) is 69.6 cm³/mol. The summed E-state index contributed by atoms with van der Waals surface area (Å²) >= 11 is 0. The van der Waals surface area contributed by atoms with E-state index in [0.717, 1.165) is 31.5 Å². The molecule has 2 atom stereocenters. The smallest absolute Gasteiger partial charge is 0.194 e. The minimum absolute atomic E-state index is 0.102. The SMILES string of the molecule is COC1CCN(Cc2cc(F)c(F)c(F)c2)C(CN)C1. The van der Waals surface area contributed by atoms with Gasteiger partial charge in [0.1, 0.15) is 0 Å². The molecule has 1 aromatic rings. The van der Waals surface area contributed by atoms with Crippen LogP contribution < -0.4 is 5.73 Å². The number of nitrogens with two attached hydrogens (primary N) is 1. The highest BCUT2D eigenvalue weighted by Crippen LogP contribution is 2.22. The summed E-state index contributed by atoms with van der Waals surface area (Å²) in [4.78, 5) is 2.06. The minimum Gasteiger partial charge on any atom is -0.381 e. The summed E-state index contributed by atoms with van der Waals surface area (Å²) in [5, 5.41) is 0. The third kappa shape index (κ3) is 3.31. The first-order valence-electron chi connectivity index (χ1n) is 6.65. The van der Waals surface area contributed by atoms with Crippen molar-refractivity contribution in [1.29, 1.82) is 0 Å². The van der Waals surface area contributed by atoms with Gasteiger partial charge in [-0.3, -0.25) is 4.90 Å². The molecule has 0 spiro atoms. The van der Waals surface area contributed by atoms with Crippen LogP contribution in [0.25, 0.3) is 0 Å².